The number of imide groups is 1. The van der Waals surface area contributed by atoms with Gasteiger partial charge in [-0.25, -0.2) is 4.90 Å². The van der Waals surface area contributed by atoms with Gasteiger partial charge in [0, 0.05) is 5.92 Å². The summed E-state index contributed by atoms with van der Waals surface area (Å²) in [6.45, 7) is 15.8. The van der Waals surface area contributed by atoms with Gasteiger partial charge < -0.3 is 5.11 Å². The molecule has 0 spiro atoms. The van der Waals surface area contributed by atoms with Crippen LogP contribution < -0.4 is 4.90 Å². The lowest BCUT2D eigenvalue weighted by atomic mass is 9.56. The first kappa shape index (κ1) is 21.8. The molecule has 2 amide bonds. The van der Waals surface area contributed by atoms with Crippen LogP contribution in [0.1, 0.15) is 40.5 Å². The minimum atomic E-state index is -1.58. The molecular weight excluding hydrogens is 414 g/mol. The summed E-state index contributed by atoms with van der Waals surface area (Å²) in [7, 11) is -1.58. The van der Waals surface area contributed by atoms with Crippen molar-refractivity contribution in [3.63, 3.8) is 0 Å². The van der Waals surface area contributed by atoms with Gasteiger partial charge in [0.1, 0.15) is 0 Å². The molecule has 0 aromatic heterocycles. The molecule has 0 radical (unpaired) electrons. The predicted molar refractivity (Wildman–Crippen MR) is 130 cm³/mol. The molecule has 1 aromatic rings. The lowest BCUT2D eigenvalue weighted by Crippen LogP contribution is -2.48. The van der Waals surface area contributed by atoms with Crippen molar-refractivity contribution < 1.29 is 14.7 Å². The molecule has 4 aliphatic rings. The van der Waals surface area contributed by atoms with Crippen molar-refractivity contribution in [1.29, 1.82) is 0 Å². The molecule has 3 aliphatic carbocycles. The topological polar surface area (TPSA) is 57.6 Å². The van der Waals surface area contributed by atoms with Gasteiger partial charge in [-0.2, -0.15) is 0 Å². The number of benzene rings is 1. The number of rotatable bonds is 2. The van der Waals surface area contributed by atoms with Crippen LogP contribution in [0.15, 0.2) is 52.2 Å². The number of fused-ring (bicyclic) bond motifs is 2. The maximum Gasteiger partial charge on any atom is 0.241 e. The van der Waals surface area contributed by atoms with Gasteiger partial charge in [-0.05, 0) is 55.7 Å². The fourth-order valence-corrected chi connectivity index (χ4v) is 9.61. The number of hydrogen-bond donors (Lipinski definition) is 1. The average molecular weight is 450 g/mol. The minimum absolute atomic E-state index is 0.0428. The summed E-state index contributed by atoms with van der Waals surface area (Å²) in [5, 5.41) is 13.2. The van der Waals surface area contributed by atoms with Gasteiger partial charge in [0.2, 0.25) is 11.8 Å². The van der Waals surface area contributed by atoms with E-state index in [0.717, 1.165) is 6.42 Å². The van der Waals surface area contributed by atoms with Crippen LogP contribution in [0.25, 0.3) is 0 Å². The monoisotopic (exact) mass is 449 g/mol. The Bertz CT molecular complexity index is 1100. The highest BCUT2D eigenvalue weighted by atomic mass is 28.3. The highest BCUT2D eigenvalue weighted by Gasteiger charge is 2.70. The average Bonchev–Trinajstić information content (AvgIpc) is 3.06. The minimum Gasteiger partial charge on any atom is -0.392 e. The number of carbonyl (C=O) groups excluding carboxylic acids is 2. The van der Waals surface area contributed by atoms with E-state index in [9.17, 15) is 14.7 Å². The lowest BCUT2D eigenvalue weighted by Gasteiger charge is -2.48. The summed E-state index contributed by atoms with van der Waals surface area (Å²) < 4.78 is 0. The molecule has 0 unspecified atom stereocenters. The zero-order valence-electron chi connectivity index (χ0n) is 20.3. The van der Waals surface area contributed by atoms with Gasteiger partial charge in [0.25, 0.3) is 0 Å². The number of anilines is 1. The zero-order valence-corrected chi connectivity index (χ0v) is 21.3. The number of hydrogen-bond acceptors (Lipinski definition) is 3. The summed E-state index contributed by atoms with van der Waals surface area (Å²) in [5.41, 5.74) is 3.44. The van der Waals surface area contributed by atoms with Gasteiger partial charge >= 0.3 is 0 Å². The van der Waals surface area contributed by atoms with Crippen molar-refractivity contribution in [3.05, 3.63) is 52.2 Å². The van der Waals surface area contributed by atoms with Crippen LogP contribution in [-0.4, -0.2) is 31.1 Å². The Labute approximate surface area is 192 Å². The number of para-hydroxylation sites is 1. The van der Waals surface area contributed by atoms with Crippen molar-refractivity contribution in [2.75, 3.05) is 4.90 Å². The van der Waals surface area contributed by atoms with Crippen molar-refractivity contribution in [2.45, 2.75) is 66.3 Å². The van der Waals surface area contributed by atoms with Gasteiger partial charge in [-0.1, -0.05) is 68.0 Å². The fourth-order valence-electron chi connectivity index (χ4n) is 7.43. The Hall–Kier alpha value is -1.98. The molecule has 1 heterocycles. The molecule has 2 fully saturated rings. The van der Waals surface area contributed by atoms with Crippen LogP contribution in [0.3, 0.4) is 0 Å². The van der Waals surface area contributed by atoms with Crippen LogP contribution >= 0.6 is 0 Å². The van der Waals surface area contributed by atoms with E-state index in [1.54, 1.807) is 5.20 Å². The third-order valence-electron chi connectivity index (χ3n) is 9.44. The van der Waals surface area contributed by atoms with E-state index in [2.05, 4.69) is 40.4 Å². The quantitative estimate of drug-likeness (QED) is 0.504. The molecule has 6 atom stereocenters. The molecule has 4 nitrogen and oxygen atoms in total. The van der Waals surface area contributed by atoms with Crippen molar-refractivity contribution in [2.24, 2.45) is 28.6 Å². The molecule has 1 aliphatic heterocycles. The van der Waals surface area contributed by atoms with Gasteiger partial charge in [0.15, 0.2) is 0 Å². The smallest absolute Gasteiger partial charge is 0.241 e. The number of allylic oxidation sites excluding steroid dienone is 3. The SMILES string of the molecule is CC1=C([Si](C)(C)C)C[C@]2(C)C3=C1C[C@@H]1C(=O)N(c4ccccc4)C(=O)[C@]1(C)[C@@H]3[C@H](O)[C@H]2C. The van der Waals surface area contributed by atoms with Crippen LogP contribution in [0.2, 0.25) is 19.6 Å². The first-order valence-corrected chi connectivity index (χ1v) is 15.4. The normalized spacial score (nSPS) is 39.1. The Morgan fingerprint density at radius 1 is 1.09 bits per heavy atom. The van der Waals surface area contributed by atoms with E-state index >= 15 is 0 Å². The Morgan fingerprint density at radius 3 is 2.31 bits per heavy atom. The van der Waals surface area contributed by atoms with Gasteiger partial charge in [-0.3, -0.25) is 9.59 Å². The van der Waals surface area contributed by atoms with Gasteiger partial charge in [-0.15, -0.1) is 0 Å². The fraction of sp³-hybridized carbons (Fsp3) is 0.556. The molecule has 5 rings (SSSR count). The van der Waals surface area contributed by atoms with E-state index < -0.39 is 25.5 Å². The summed E-state index contributed by atoms with van der Waals surface area (Å²) in [5.74, 6) is -0.958. The standard InChI is InChI=1S/C27H35NO3Si/c1-15-18-13-19-24(30)28(17-11-9-8-10-12-17)25(31)27(19,4)22-21(18)26(3,16(2)23(22)29)14-20(15)32(5,6)7/h8-12,16,19,22-23,29H,13-14H2,1-7H3/t16-,19-,22+,23-,26+,27+/m1/s1. The Kier molecular flexibility index (Phi) is 4.46. The summed E-state index contributed by atoms with van der Waals surface area (Å²) in [4.78, 5) is 29.1. The van der Waals surface area contributed by atoms with Crippen LogP contribution in [0.5, 0.6) is 0 Å². The maximum absolute atomic E-state index is 14.0. The summed E-state index contributed by atoms with van der Waals surface area (Å²) in [6, 6.07) is 9.27. The summed E-state index contributed by atoms with van der Waals surface area (Å²) in [6.07, 6.45) is 0.942. The third kappa shape index (κ3) is 2.47. The van der Waals surface area contributed by atoms with E-state index in [4.69, 9.17) is 0 Å². The Morgan fingerprint density at radius 2 is 1.72 bits per heavy atom. The van der Waals surface area contributed by atoms with E-state index in [-0.39, 0.29) is 29.1 Å². The molecule has 1 saturated carbocycles. The molecule has 5 heteroatoms. The molecule has 0 bridgehead atoms. The lowest BCUT2D eigenvalue weighted by molar-refractivity contribution is -0.132. The van der Waals surface area contributed by atoms with Crippen molar-refractivity contribution >= 4 is 25.6 Å². The number of nitrogens with zero attached hydrogens (tertiary/aromatic N) is 1. The molecular formula is C27H35NO3Si. The van der Waals surface area contributed by atoms with E-state index in [0.29, 0.717) is 12.1 Å². The second-order valence-electron chi connectivity index (χ2n) is 12.0. The maximum atomic E-state index is 14.0. The highest BCUT2D eigenvalue weighted by molar-refractivity contribution is 6.83. The number of carbonyl (C=O) groups is 2. The predicted octanol–water partition coefficient (Wildman–Crippen LogP) is 5.11. The van der Waals surface area contributed by atoms with Crippen molar-refractivity contribution in [1.82, 2.24) is 0 Å². The second-order valence-corrected chi connectivity index (χ2v) is 17.1. The molecule has 1 aromatic carbocycles. The molecule has 170 valence electrons. The largest absolute Gasteiger partial charge is 0.392 e. The van der Waals surface area contributed by atoms with Crippen LogP contribution in [0.4, 0.5) is 5.69 Å². The number of aliphatic hydroxyl groups excluding tert-OH is 1. The number of aliphatic hydroxyl groups is 1. The van der Waals surface area contributed by atoms with Crippen molar-refractivity contribution in [3.8, 4) is 0 Å². The van der Waals surface area contributed by atoms with E-state index in [1.165, 1.54) is 21.6 Å². The first-order valence-electron chi connectivity index (χ1n) is 11.9. The summed E-state index contributed by atoms with van der Waals surface area (Å²) >= 11 is 0. The first-order chi connectivity index (χ1) is 14.8. The van der Waals surface area contributed by atoms with Crippen LogP contribution in [-0.2, 0) is 9.59 Å². The molecule has 32 heavy (non-hydrogen) atoms. The molecule has 1 N–H and O–H groups in total. The van der Waals surface area contributed by atoms with Gasteiger partial charge in [0.05, 0.1) is 31.2 Å². The Balaban J connectivity index is 1.73. The second kappa shape index (κ2) is 6.54. The van der Waals surface area contributed by atoms with E-state index in [1.807, 2.05) is 37.3 Å². The van der Waals surface area contributed by atoms with Crippen LogP contribution in [0, 0.1) is 28.6 Å². The number of amides is 2. The molecule has 1 saturated heterocycles. The zero-order chi connectivity index (χ0) is 23.4. The third-order valence-corrected chi connectivity index (χ3v) is 11.8. The highest BCUT2D eigenvalue weighted by Crippen LogP contribution is 2.69.